The molecule has 1 heterocycles. The smallest absolute Gasteiger partial charge is 0.261 e. The number of nitrogens with one attached hydrogen (secondary N) is 1. The Kier molecular flexibility index (Phi) is 5.50. The van der Waals surface area contributed by atoms with Gasteiger partial charge in [-0.2, -0.15) is 0 Å². The van der Waals surface area contributed by atoms with Crippen LogP contribution in [0.4, 0.5) is 0 Å². The van der Waals surface area contributed by atoms with Crippen LogP contribution in [0.3, 0.4) is 0 Å². The predicted molar refractivity (Wildman–Crippen MR) is 75.2 cm³/mol. The van der Waals surface area contributed by atoms with E-state index in [9.17, 15) is 14.7 Å². The molecule has 0 atom stereocenters. The zero-order chi connectivity index (χ0) is 14.5. The third-order valence-corrected chi connectivity index (χ3v) is 3.91. The van der Waals surface area contributed by atoms with Crippen molar-refractivity contribution in [2.75, 3.05) is 20.2 Å². The molecule has 6 heteroatoms. The molecule has 0 spiro atoms. The first-order valence-corrected chi connectivity index (χ1v) is 6.95. The van der Waals surface area contributed by atoms with Gasteiger partial charge in [-0.15, -0.1) is 11.3 Å². The summed E-state index contributed by atoms with van der Waals surface area (Å²) in [6, 6.07) is 3.55. The Hall–Kier alpha value is -1.40. The van der Waals surface area contributed by atoms with Gasteiger partial charge in [0.05, 0.1) is 17.0 Å². The molecule has 0 unspecified atom stereocenters. The van der Waals surface area contributed by atoms with Gasteiger partial charge >= 0.3 is 0 Å². The molecule has 5 nitrogen and oxygen atoms in total. The Balaban J connectivity index is 2.37. The summed E-state index contributed by atoms with van der Waals surface area (Å²) < 4.78 is 0. The van der Waals surface area contributed by atoms with Crippen LogP contribution in [0.15, 0.2) is 17.5 Å². The highest BCUT2D eigenvalue weighted by molar-refractivity contribution is 7.12. The van der Waals surface area contributed by atoms with Gasteiger partial charge < -0.3 is 15.3 Å². The lowest BCUT2D eigenvalue weighted by Crippen LogP contribution is -2.48. The molecule has 0 aliphatic rings. The minimum absolute atomic E-state index is 0.100. The van der Waals surface area contributed by atoms with Crippen LogP contribution in [0, 0.1) is 0 Å². The van der Waals surface area contributed by atoms with Gasteiger partial charge in [0.2, 0.25) is 5.91 Å². The molecule has 1 aromatic rings. The first-order chi connectivity index (χ1) is 8.88. The molecular weight excluding hydrogens is 264 g/mol. The van der Waals surface area contributed by atoms with Crippen LogP contribution in [0.25, 0.3) is 0 Å². The fourth-order valence-electron chi connectivity index (χ4n) is 1.39. The van der Waals surface area contributed by atoms with E-state index in [0.717, 1.165) is 0 Å². The van der Waals surface area contributed by atoms with E-state index >= 15 is 0 Å². The third-order valence-electron chi connectivity index (χ3n) is 3.04. The van der Waals surface area contributed by atoms with E-state index in [4.69, 9.17) is 0 Å². The number of amides is 2. The lowest BCUT2D eigenvalue weighted by Gasteiger charge is -2.34. The number of aliphatic hydroxyl groups is 1. The van der Waals surface area contributed by atoms with E-state index in [1.165, 1.54) is 16.2 Å². The van der Waals surface area contributed by atoms with E-state index in [-0.39, 0.29) is 24.8 Å². The largest absolute Gasteiger partial charge is 0.394 e. The van der Waals surface area contributed by atoms with Crippen molar-refractivity contribution in [3.8, 4) is 0 Å². The first kappa shape index (κ1) is 15.7. The summed E-state index contributed by atoms with van der Waals surface area (Å²) in [6.07, 6.45) is 0.219. The van der Waals surface area contributed by atoms with Gasteiger partial charge in [0.15, 0.2) is 0 Å². The normalized spacial score (nSPS) is 11.2. The number of hydrogen-bond acceptors (Lipinski definition) is 4. The van der Waals surface area contributed by atoms with Gasteiger partial charge in [0.1, 0.15) is 0 Å². The summed E-state index contributed by atoms with van der Waals surface area (Å²) in [5.41, 5.74) is -0.588. The van der Waals surface area contributed by atoms with Crippen LogP contribution >= 0.6 is 11.3 Å². The standard InChI is InChI=1S/C13H20N2O3S/c1-13(2,9-16)15(3)11(17)6-7-14-12(18)10-5-4-8-19-10/h4-5,8,16H,6-7,9H2,1-3H3,(H,14,18). The molecule has 0 fully saturated rings. The molecule has 0 saturated heterocycles. The molecule has 1 rings (SSSR count). The number of carbonyl (C=O) groups is 2. The monoisotopic (exact) mass is 284 g/mol. The van der Waals surface area contributed by atoms with Gasteiger partial charge in [-0.05, 0) is 25.3 Å². The van der Waals surface area contributed by atoms with E-state index in [1.807, 2.05) is 11.4 Å². The summed E-state index contributed by atoms with van der Waals surface area (Å²) in [5.74, 6) is -0.266. The molecule has 1 aromatic heterocycles. The van der Waals surface area contributed by atoms with Crippen LogP contribution in [0.5, 0.6) is 0 Å². The Morgan fingerprint density at radius 3 is 2.68 bits per heavy atom. The summed E-state index contributed by atoms with van der Waals surface area (Å²) >= 11 is 1.36. The molecule has 19 heavy (non-hydrogen) atoms. The SMILES string of the molecule is CN(C(=O)CCNC(=O)c1cccs1)C(C)(C)CO. The molecule has 2 N–H and O–H groups in total. The third kappa shape index (κ3) is 4.33. The first-order valence-electron chi connectivity index (χ1n) is 6.07. The Morgan fingerprint density at radius 1 is 1.47 bits per heavy atom. The van der Waals surface area contributed by atoms with Gasteiger partial charge in [-0.25, -0.2) is 0 Å². The van der Waals surface area contributed by atoms with Crippen LogP contribution < -0.4 is 5.32 Å². The molecule has 106 valence electrons. The van der Waals surface area contributed by atoms with Crippen molar-refractivity contribution < 1.29 is 14.7 Å². The Bertz CT molecular complexity index is 429. The van der Waals surface area contributed by atoms with E-state index in [2.05, 4.69) is 5.32 Å². The number of rotatable bonds is 6. The second kappa shape index (κ2) is 6.68. The van der Waals surface area contributed by atoms with E-state index in [1.54, 1.807) is 27.0 Å². The Labute approximate surface area is 117 Å². The van der Waals surface area contributed by atoms with Crippen molar-refractivity contribution in [3.05, 3.63) is 22.4 Å². The van der Waals surface area contributed by atoms with E-state index in [0.29, 0.717) is 11.4 Å². The van der Waals surface area contributed by atoms with Crippen LogP contribution in [0.1, 0.15) is 29.9 Å². The van der Waals surface area contributed by atoms with Gasteiger partial charge in [-0.1, -0.05) is 6.07 Å². The molecule has 0 aliphatic heterocycles. The van der Waals surface area contributed by atoms with Crippen molar-refractivity contribution >= 4 is 23.2 Å². The maximum Gasteiger partial charge on any atom is 0.261 e. The lowest BCUT2D eigenvalue weighted by atomic mass is 10.0. The van der Waals surface area contributed by atoms with Gasteiger partial charge in [0.25, 0.3) is 5.91 Å². The highest BCUT2D eigenvalue weighted by Gasteiger charge is 2.26. The number of thiophene rings is 1. The fraction of sp³-hybridized carbons (Fsp3) is 0.538. The van der Waals surface area contributed by atoms with Gasteiger partial charge in [0, 0.05) is 20.0 Å². The van der Waals surface area contributed by atoms with Crippen molar-refractivity contribution in [2.45, 2.75) is 25.8 Å². The van der Waals surface area contributed by atoms with E-state index < -0.39 is 5.54 Å². The number of hydrogen-bond donors (Lipinski definition) is 2. The molecule has 0 bridgehead atoms. The van der Waals surface area contributed by atoms with Crippen molar-refractivity contribution in [2.24, 2.45) is 0 Å². The predicted octanol–water partition coefficient (Wildman–Crippen LogP) is 1.10. The minimum atomic E-state index is -0.588. The Morgan fingerprint density at radius 2 is 2.16 bits per heavy atom. The summed E-state index contributed by atoms with van der Waals surface area (Å²) in [5, 5.41) is 13.7. The summed E-state index contributed by atoms with van der Waals surface area (Å²) in [4.78, 5) is 25.7. The van der Waals surface area contributed by atoms with Crippen LogP contribution in [0.2, 0.25) is 0 Å². The molecule has 2 amide bonds. The molecule has 0 aromatic carbocycles. The number of nitrogens with zero attached hydrogens (tertiary/aromatic N) is 1. The second-order valence-corrected chi connectivity index (χ2v) is 5.85. The van der Waals surface area contributed by atoms with Crippen molar-refractivity contribution in [1.82, 2.24) is 10.2 Å². The molecular formula is C13H20N2O3S. The van der Waals surface area contributed by atoms with Crippen molar-refractivity contribution in [3.63, 3.8) is 0 Å². The topological polar surface area (TPSA) is 69.6 Å². The number of carbonyl (C=O) groups excluding carboxylic acids is 2. The second-order valence-electron chi connectivity index (χ2n) is 4.91. The fourth-order valence-corrected chi connectivity index (χ4v) is 2.03. The maximum atomic E-state index is 11.9. The van der Waals surface area contributed by atoms with Gasteiger partial charge in [-0.3, -0.25) is 9.59 Å². The van der Waals surface area contributed by atoms with Crippen molar-refractivity contribution in [1.29, 1.82) is 0 Å². The molecule has 0 radical (unpaired) electrons. The lowest BCUT2D eigenvalue weighted by molar-refractivity contribution is -0.135. The highest BCUT2D eigenvalue weighted by Crippen LogP contribution is 2.12. The number of aliphatic hydroxyl groups excluding tert-OH is 1. The zero-order valence-corrected chi connectivity index (χ0v) is 12.3. The zero-order valence-electron chi connectivity index (χ0n) is 11.5. The quantitative estimate of drug-likeness (QED) is 0.822. The van der Waals surface area contributed by atoms with Crippen LogP contribution in [-0.4, -0.2) is 47.6 Å². The summed E-state index contributed by atoms with van der Waals surface area (Å²) in [6.45, 7) is 3.77. The maximum absolute atomic E-state index is 11.9. The average molecular weight is 284 g/mol. The average Bonchev–Trinajstić information content (AvgIpc) is 2.91. The molecule has 0 aliphatic carbocycles. The van der Waals surface area contributed by atoms with Crippen LogP contribution in [-0.2, 0) is 4.79 Å². The number of likely N-dealkylation sites (N-methyl/N-ethyl adjacent to an activating group) is 1. The summed E-state index contributed by atoms with van der Waals surface area (Å²) in [7, 11) is 1.65. The minimum Gasteiger partial charge on any atom is -0.394 e. The highest BCUT2D eigenvalue weighted by atomic mass is 32.1. The molecule has 0 saturated carbocycles.